The van der Waals surface area contributed by atoms with Crippen molar-refractivity contribution in [3.05, 3.63) is 41.2 Å². The van der Waals surface area contributed by atoms with Crippen molar-refractivity contribution in [1.82, 2.24) is 0 Å². The topological polar surface area (TPSA) is 0 Å². The minimum Gasteiger partial charge on any atom is -0.110 e. The van der Waals surface area contributed by atoms with Crippen LogP contribution in [-0.4, -0.2) is 0 Å². The summed E-state index contributed by atoms with van der Waals surface area (Å²) in [6.07, 6.45) is 4.01. The summed E-state index contributed by atoms with van der Waals surface area (Å²) in [4.78, 5) is 0. The van der Waals surface area contributed by atoms with Gasteiger partial charge in [0.05, 0.1) is 0 Å². The van der Waals surface area contributed by atoms with Gasteiger partial charge in [0.15, 0.2) is 0 Å². The second-order valence-corrected chi connectivity index (χ2v) is 4.56. The molecule has 0 saturated carbocycles. The Morgan fingerprint density at radius 1 is 1.38 bits per heavy atom. The molecular formula is C11H14P2. The first-order valence-corrected chi connectivity index (χ1v) is 5.24. The minimum atomic E-state index is 1.18. The summed E-state index contributed by atoms with van der Waals surface area (Å²) in [5.74, 6) is 0. The molecule has 0 amide bonds. The molecule has 2 atom stereocenters. The molecule has 0 spiro atoms. The highest BCUT2D eigenvalue weighted by molar-refractivity contribution is 7.27. The maximum absolute atomic E-state index is 3.79. The van der Waals surface area contributed by atoms with Gasteiger partial charge in [-0.1, -0.05) is 36.2 Å². The molecule has 1 aromatic rings. The quantitative estimate of drug-likeness (QED) is 0.655. The first kappa shape index (κ1) is 10.6. The molecule has 0 aromatic heterocycles. The zero-order valence-electron chi connectivity index (χ0n) is 7.75. The van der Waals surface area contributed by atoms with Crippen LogP contribution in [0.1, 0.15) is 18.1 Å². The molecule has 13 heavy (non-hydrogen) atoms. The molecule has 0 aliphatic heterocycles. The van der Waals surface area contributed by atoms with Gasteiger partial charge in [-0.15, -0.1) is 18.5 Å². The highest BCUT2D eigenvalue weighted by Crippen LogP contribution is 2.16. The summed E-state index contributed by atoms with van der Waals surface area (Å²) in [5.41, 5.74) is 2.39. The predicted octanol–water partition coefficient (Wildman–Crippen LogP) is 3.07. The molecule has 0 bridgehead atoms. The van der Waals surface area contributed by atoms with Gasteiger partial charge in [0, 0.05) is 0 Å². The van der Waals surface area contributed by atoms with Crippen LogP contribution in [0.4, 0.5) is 0 Å². The molecule has 0 fully saturated rings. The summed E-state index contributed by atoms with van der Waals surface area (Å²) in [6.45, 7) is 5.86. The second-order valence-electron chi connectivity index (χ2n) is 2.98. The van der Waals surface area contributed by atoms with E-state index in [-0.39, 0.29) is 0 Å². The first-order chi connectivity index (χ1) is 6.13. The minimum absolute atomic E-state index is 1.18. The number of rotatable bonds is 2. The summed E-state index contributed by atoms with van der Waals surface area (Å²) in [6, 6.07) is 6.29. The third-order valence-electron chi connectivity index (χ3n) is 1.71. The van der Waals surface area contributed by atoms with Crippen molar-refractivity contribution in [2.24, 2.45) is 0 Å². The predicted molar refractivity (Wildman–Crippen MR) is 69.2 cm³/mol. The van der Waals surface area contributed by atoms with Gasteiger partial charge in [-0.2, -0.15) is 0 Å². The van der Waals surface area contributed by atoms with E-state index < -0.39 is 0 Å². The fraction of sp³-hybridized carbons (Fsp3) is 0.0909. The Bertz CT molecular complexity index is 347. The Labute approximate surface area is 84.5 Å². The van der Waals surface area contributed by atoms with E-state index in [1.807, 2.05) is 6.08 Å². The van der Waals surface area contributed by atoms with E-state index >= 15 is 0 Å². The van der Waals surface area contributed by atoms with Gasteiger partial charge in [-0.25, -0.2) is 0 Å². The number of hydrogen-bond donors (Lipinski definition) is 0. The highest BCUT2D eigenvalue weighted by atomic mass is 31.0. The zero-order valence-corrected chi connectivity index (χ0v) is 10.1. The third kappa shape index (κ3) is 3.07. The highest BCUT2D eigenvalue weighted by Gasteiger charge is 1.95. The summed E-state index contributed by atoms with van der Waals surface area (Å²) in [5, 5.41) is 2.41. The first-order valence-electron chi connectivity index (χ1n) is 4.09. The molecule has 0 radical (unpaired) electrons. The van der Waals surface area contributed by atoms with E-state index in [2.05, 4.69) is 56.3 Å². The monoisotopic (exact) mass is 208 g/mol. The fourth-order valence-electron chi connectivity index (χ4n) is 1.15. The number of allylic oxidation sites excluding steroid dienone is 1. The molecule has 0 N–H and O–H groups in total. The van der Waals surface area contributed by atoms with Crippen LogP contribution in [0.25, 0.3) is 12.2 Å². The molecule has 68 valence electrons. The van der Waals surface area contributed by atoms with Gasteiger partial charge in [0.25, 0.3) is 0 Å². The van der Waals surface area contributed by atoms with Crippen molar-refractivity contribution in [2.45, 2.75) is 6.92 Å². The van der Waals surface area contributed by atoms with Gasteiger partial charge < -0.3 is 0 Å². The van der Waals surface area contributed by atoms with Gasteiger partial charge in [-0.05, 0) is 29.4 Å². The summed E-state index contributed by atoms with van der Waals surface area (Å²) < 4.78 is 0. The molecule has 1 rings (SSSR count). The third-order valence-corrected chi connectivity index (χ3v) is 2.24. The molecule has 0 nitrogen and oxygen atoms in total. The van der Waals surface area contributed by atoms with Crippen LogP contribution in [0, 0.1) is 0 Å². The SMILES string of the molecule is C=Cc1cc(P)ccc1/C=C(\C)P. The summed E-state index contributed by atoms with van der Waals surface area (Å²) in [7, 11) is 5.37. The van der Waals surface area contributed by atoms with Gasteiger partial charge >= 0.3 is 0 Å². The standard InChI is InChI=1S/C11H14P2/c1-3-9-7-11(13)5-4-10(9)6-8(2)12/h3-7H,1,12-13H2,2H3/b8-6+. The Morgan fingerprint density at radius 2 is 2.08 bits per heavy atom. The number of benzene rings is 1. The van der Waals surface area contributed by atoms with Crippen molar-refractivity contribution in [3.63, 3.8) is 0 Å². The summed E-state index contributed by atoms with van der Waals surface area (Å²) >= 11 is 0. The lowest BCUT2D eigenvalue weighted by atomic mass is 10.1. The lowest BCUT2D eigenvalue weighted by molar-refractivity contribution is 1.62. The lowest BCUT2D eigenvalue weighted by Gasteiger charge is -2.02. The van der Waals surface area contributed by atoms with Gasteiger partial charge in [-0.3, -0.25) is 0 Å². The van der Waals surface area contributed by atoms with Crippen molar-refractivity contribution in [3.8, 4) is 0 Å². The van der Waals surface area contributed by atoms with E-state index in [0.717, 1.165) is 0 Å². The maximum Gasteiger partial charge on any atom is -0.0181 e. The molecule has 0 aliphatic carbocycles. The van der Waals surface area contributed by atoms with E-state index in [9.17, 15) is 0 Å². The Kier molecular flexibility index (Phi) is 3.85. The molecule has 1 aromatic carbocycles. The Morgan fingerprint density at radius 3 is 2.62 bits per heavy atom. The Hall–Kier alpha value is -0.440. The number of hydrogen-bond acceptors (Lipinski definition) is 0. The van der Waals surface area contributed by atoms with E-state index in [1.54, 1.807) is 0 Å². The molecule has 0 heterocycles. The van der Waals surface area contributed by atoms with E-state index in [0.29, 0.717) is 0 Å². The van der Waals surface area contributed by atoms with Crippen molar-refractivity contribution in [2.75, 3.05) is 0 Å². The zero-order chi connectivity index (χ0) is 9.84. The van der Waals surface area contributed by atoms with Crippen LogP contribution >= 0.6 is 18.5 Å². The van der Waals surface area contributed by atoms with Crippen LogP contribution in [0.15, 0.2) is 30.1 Å². The van der Waals surface area contributed by atoms with Gasteiger partial charge in [0.1, 0.15) is 0 Å². The van der Waals surface area contributed by atoms with Crippen molar-refractivity contribution >= 4 is 35.9 Å². The molecule has 2 unspecified atom stereocenters. The molecular weight excluding hydrogens is 194 g/mol. The van der Waals surface area contributed by atoms with Gasteiger partial charge in [0.2, 0.25) is 0 Å². The lowest BCUT2D eigenvalue weighted by Crippen LogP contribution is -1.92. The van der Waals surface area contributed by atoms with Crippen LogP contribution in [-0.2, 0) is 0 Å². The molecule has 2 heteroatoms. The van der Waals surface area contributed by atoms with Crippen LogP contribution in [0.3, 0.4) is 0 Å². The smallest absolute Gasteiger partial charge is 0.0181 e. The van der Waals surface area contributed by atoms with E-state index in [1.165, 1.54) is 21.7 Å². The fourth-order valence-corrected chi connectivity index (χ4v) is 1.60. The van der Waals surface area contributed by atoms with Crippen LogP contribution in [0.5, 0.6) is 0 Å². The molecule has 0 aliphatic rings. The van der Waals surface area contributed by atoms with Crippen molar-refractivity contribution < 1.29 is 0 Å². The average Bonchev–Trinajstić information content (AvgIpc) is 2.07. The van der Waals surface area contributed by atoms with Crippen LogP contribution in [0.2, 0.25) is 0 Å². The Balaban J connectivity index is 3.21. The van der Waals surface area contributed by atoms with E-state index in [4.69, 9.17) is 0 Å². The van der Waals surface area contributed by atoms with Crippen molar-refractivity contribution in [1.29, 1.82) is 0 Å². The molecule has 0 saturated heterocycles. The average molecular weight is 208 g/mol. The second kappa shape index (κ2) is 4.70. The largest absolute Gasteiger partial charge is 0.110 e. The maximum atomic E-state index is 3.79. The van der Waals surface area contributed by atoms with Crippen LogP contribution < -0.4 is 5.30 Å². The normalized spacial score (nSPS) is 11.5.